The lowest BCUT2D eigenvalue weighted by molar-refractivity contribution is 0.211. The molecule has 0 aromatic heterocycles. The number of aryl methyl sites for hydroxylation is 6. The molecule has 3 aromatic carbocycles. The van der Waals surface area contributed by atoms with E-state index in [1.807, 2.05) is 38.1 Å². The fourth-order valence-corrected chi connectivity index (χ4v) is 4.22. The summed E-state index contributed by atoms with van der Waals surface area (Å²) in [5.41, 5.74) is 7.81. The summed E-state index contributed by atoms with van der Waals surface area (Å²) in [5, 5.41) is 0. The molecule has 5 rings (SSSR count). The van der Waals surface area contributed by atoms with Crippen molar-refractivity contribution in [2.75, 3.05) is 26.4 Å². The van der Waals surface area contributed by atoms with Crippen molar-refractivity contribution in [3.63, 3.8) is 0 Å². The minimum absolute atomic E-state index is 0.506. The van der Waals surface area contributed by atoms with Crippen LogP contribution in [0.4, 0.5) is 0 Å². The SMILES string of the molecule is Cc1cc(OCCOc2ccc3c(c2)CC3)c(C)cc1OCCOc1ccc2c(c1)CC2. The normalized spacial score (nSPS) is 13.3. The van der Waals surface area contributed by atoms with Gasteiger partial charge in [-0.15, -0.1) is 0 Å². The van der Waals surface area contributed by atoms with Gasteiger partial charge in [0.05, 0.1) is 0 Å². The molecule has 0 radical (unpaired) electrons. The second kappa shape index (κ2) is 9.15. The second-order valence-electron chi connectivity index (χ2n) is 8.64. The largest absolute Gasteiger partial charge is 0.490 e. The van der Waals surface area contributed by atoms with E-state index in [0.29, 0.717) is 26.4 Å². The maximum Gasteiger partial charge on any atom is 0.122 e. The van der Waals surface area contributed by atoms with Gasteiger partial charge < -0.3 is 18.9 Å². The van der Waals surface area contributed by atoms with Gasteiger partial charge in [0.15, 0.2) is 0 Å². The van der Waals surface area contributed by atoms with Crippen molar-refractivity contribution in [1.82, 2.24) is 0 Å². The van der Waals surface area contributed by atoms with Crippen LogP contribution in [0.25, 0.3) is 0 Å². The molecule has 0 heterocycles. The minimum Gasteiger partial charge on any atom is -0.490 e. The Morgan fingerprint density at radius 2 is 0.906 bits per heavy atom. The average Bonchev–Trinajstić information content (AvgIpc) is 2.74. The first-order valence-corrected chi connectivity index (χ1v) is 11.5. The molecule has 0 spiro atoms. The van der Waals surface area contributed by atoms with Crippen molar-refractivity contribution in [2.45, 2.75) is 39.5 Å². The van der Waals surface area contributed by atoms with E-state index in [2.05, 4.69) is 24.3 Å². The van der Waals surface area contributed by atoms with Crippen molar-refractivity contribution in [1.29, 1.82) is 0 Å². The van der Waals surface area contributed by atoms with E-state index in [4.69, 9.17) is 18.9 Å². The highest BCUT2D eigenvalue weighted by Gasteiger charge is 2.14. The van der Waals surface area contributed by atoms with E-state index in [0.717, 1.165) is 47.0 Å². The van der Waals surface area contributed by atoms with Crippen LogP contribution in [-0.4, -0.2) is 26.4 Å². The highest BCUT2D eigenvalue weighted by atomic mass is 16.5. The molecule has 166 valence electrons. The smallest absolute Gasteiger partial charge is 0.122 e. The Morgan fingerprint density at radius 1 is 0.500 bits per heavy atom. The first kappa shape index (κ1) is 20.7. The Labute approximate surface area is 190 Å². The molecule has 2 aliphatic rings. The van der Waals surface area contributed by atoms with Crippen LogP contribution in [0.5, 0.6) is 23.0 Å². The van der Waals surface area contributed by atoms with Crippen LogP contribution in [0, 0.1) is 13.8 Å². The van der Waals surface area contributed by atoms with E-state index in [1.54, 1.807) is 0 Å². The molecule has 0 atom stereocenters. The molecular weight excluding hydrogens is 400 g/mol. The zero-order valence-corrected chi connectivity index (χ0v) is 18.9. The quantitative estimate of drug-likeness (QED) is 0.403. The molecule has 4 heteroatoms. The molecule has 0 saturated heterocycles. The lowest BCUT2D eigenvalue weighted by Crippen LogP contribution is -2.13. The van der Waals surface area contributed by atoms with Crippen molar-refractivity contribution in [2.24, 2.45) is 0 Å². The molecule has 0 bridgehead atoms. The van der Waals surface area contributed by atoms with Gasteiger partial charge in [-0.2, -0.15) is 0 Å². The monoisotopic (exact) mass is 430 g/mol. The maximum atomic E-state index is 5.97. The van der Waals surface area contributed by atoms with Gasteiger partial charge in [-0.1, -0.05) is 12.1 Å². The van der Waals surface area contributed by atoms with Gasteiger partial charge in [-0.05, 0) is 109 Å². The van der Waals surface area contributed by atoms with Gasteiger partial charge in [-0.3, -0.25) is 0 Å². The summed E-state index contributed by atoms with van der Waals surface area (Å²) < 4.78 is 23.6. The number of benzene rings is 3. The number of fused-ring (bicyclic) bond motifs is 2. The number of rotatable bonds is 10. The van der Waals surface area contributed by atoms with Crippen LogP contribution in [0.2, 0.25) is 0 Å². The lowest BCUT2D eigenvalue weighted by atomic mass is 9.89. The van der Waals surface area contributed by atoms with Gasteiger partial charge in [0.1, 0.15) is 49.4 Å². The van der Waals surface area contributed by atoms with Gasteiger partial charge in [0.2, 0.25) is 0 Å². The van der Waals surface area contributed by atoms with Gasteiger partial charge >= 0.3 is 0 Å². The molecular formula is C28H30O4. The predicted octanol–water partition coefficient (Wildman–Crippen LogP) is 5.42. The number of hydrogen-bond acceptors (Lipinski definition) is 4. The average molecular weight is 431 g/mol. The van der Waals surface area contributed by atoms with Crippen LogP contribution in [-0.2, 0) is 25.7 Å². The summed E-state index contributed by atoms with van der Waals surface area (Å²) in [4.78, 5) is 0. The summed E-state index contributed by atoms with van der Waals surface area (Å²) in [6.07, 6.45) is 4.71. The summed E-state index contributed by atoms with van der Waals surface area (Å²) in [6, 6.07) is 16.8. The highest BCUT2D eigenvalue weighted by Crippen LogP contribution is 2.30. The van der Waals surface area contributed by atoms with Crippen molar-refractivity contribution < 1.29 is 18.9 Å². The van der Waals surface area contributed by atoms with Gasteiger partial charge in [0.25, 0.3) is 0 Å². The first-order valence-electron chi connectivity index (χ1n) is 11.5. The molecule has 2 aliphatic carbocycles. The standard InChI is InChI=1S/C28H30O4/c1-19-15-28(32-14-12-30-26-10-8-22-4-6-24(22)18-26)20(2)16-27(19)31-13-11-29-25-9-7-21-3-5-23(21)17-25/h7-10,15-18H,3-6,11-14H2,1-2H3. The minimum atomic E-state index is 0.506. The summed E-state index contributed by atoms with van der Waals surface area (Å²) in [7, 11) is 0. The van der Waals surface area contributed by atoms with Crippen LogP contribution in [0.3, 0.4) is 0 Å². The van der Waals surface area contributed by atoms with Crippen molar-refractivity contribution in [3.8, 4) is 23.0 Å². The fraction of sp³-hybridized carbons (Fsp3) is 0.357. The van der Waals surface area contributed by atoms with Gasteiger partial charge in [0, 0.05) is 0 Å². The second-order valence-corrected chi connectivity index (χ2v) is 8.64. The lowest BCUT2D eigenvalue weighted by Gasteiger charge is -2.20. The third-order valence-electron chi connectivity index (χ3n) is 6.37. The highest BCUT2D eigenvalue weighted by molar-refractivity contribution is 5.45. The molecule has 0 N–H and O–H groups in total. The first-order chi connectivity index (χ1) is 15.7. The van der Waals surface area contributed by atoms with E-state index < -0.39 is 0 Å². The topological polar surface area (TPSA) is 36.9 Å². The van der Waals surface area contributed by atoms with Crippen molar-refractivity contribution in [3.05, 3.63) is 81.9 Å². The Kier molecular flexibility index (Phi) is 5.93. The molecule has 4 nitrogen and oxygen atoms in total. The third-order valence-corrected chi connectivity index (χ3v) is 6.37. The van der Waals surface area contributed by atoms with Crippen LogP contribution >= 0.6 is 0 Å². The van der Waals surface area contributed by atoms with Gasteiger partial charge in [-0.25, -0.2) is 0 Å². The van der Waals surface area contributed by atoms with Crippen molar-refractivity contribution >= 4 is 0 Å². The Balaban J connectivity index is 1.07. The van der Waals surface area contributed by atoms with Crippen LogP contribution < -0.4 is 18.9 Å². The van der Waals surface area contributed by atoms with E-state index in [-0.39, 0.29) is 0 Å². The zero-order valence-electron chi connectivity index (χ0n) is 18.9. The molecule has 0 saturated carbocycles. The van der Waals surface area contributed by atoms with E-state index in [1.165, 1.54) is 35.1 Å². The molecule has 0 aliphatic heterocycles. The Bertz CT molecular complexity index is 1030. The van der Waals surface area contributed by atoms with E-state index in [9.17, 15) is 0 Å². The van der Waals surface area contributed by atoms with Crippen LogP contribution in [0.1, 0.15) is 33.4 Å². The fourth-order valence-electron chi connectivity index (χ4n) is 4.22. The molecule has 0 fully saturated rings. The molecule has 0 amide bonds. The zero-order chi connectivity index (χ0) is 21.9. The number of hydrogen-bond donors (Lipinski definition) is 0. The Morgan fingerprint density at radius 3 is 1.28 bits per heavy atom. The Hall–Kier alpha value is -3.14. The summed E-state index contributed by atoms with van der Waals surface area (Å²) >= 11 is 0. The molecule has 3 aromatic rings. The van der Waals surface area contributed by atoms with Crippen LogP contribution in [0.15, 0.2) is 48.5 Å². The third kappa shape index (κ3) is 4.55. The maximum absolute atomic E-state index is 5.97. The predicted molar refractivity (Wildman–Crippen MR) is 126 cm³/mol. The summed E-state index contributed by atoms with van der Waals surface area (Å²) in [5.74, 6) is 3.59. The molecule has 32 heavy (non-hydrogen) atoms. The molecule has 0 unspecified atom stereocenters. The summed E-state index contributed by atoms with van der Waals surface area (Å²) in [6.45, 7) is 6.14. The van der Waals surface area contributed by atoms with E-state index >= 15 is 0 Å². The number of ether oxygens (including phenoxy) is 4.